The van der Waals surface area contributed by atoms with Crippen LogP contribution in [0.4, 0.5) is 0 Å². The lowest BCUT2D eigenvalue weighted by Crippen LogP contribution is -2.40. The standard InChI is InChI=1S/C29H30N2O4S/c1-3-35-28-17-16-26(18-22(28)2)36(33,34)31(20-23-10-5-4-6-11-23)21-29(32)30-19-25-14-9-13-24-12-7-8-15-27(24)25/h4-18H,3,19-21H2,1-2H3,(H,30,32). The third-order valence-corrected chi connectivity index (χ3v) is 7.75. The molecule has 0 heterocycles. The average Bonchev–Trinajstić information content (AvgIpc) is 2.89. The zero-order valence-corrected chi connectivity index (χ0v) is 21.3. The number of carbonyl (C=O) groups excluding carboxylic acids is 1. The summed E-state index contributed by atoms with van der Waals surface area (Å²) in [6.45, 7) is 4.27. The van der Waals surface area contributed by atoms with E-state index in [1.807, 2.05) is 86.6 Å². The van der Waals surface area contributed by atoms with Crippen LogP contribution in [0, 0.1) is 6.92 Å². The number of amides is 1. The molecular formula is C29H30N2O4S. The Labute approximate surface area is 212 Å². The van der Waals surface area contributed by atoms with Crippen molar-refractivity contribution in [2.75, 3.05) is 13.2 Å². The van der Waals surface area contributed by atoms with E-state index in [0.717, 1.165) is 27.5 Å². The van der Waals surface area contributed by atoms with Gasteiger partial charge in [0.05, 0.1) is 18.0 Å². The number of sulfonamides is 1. The molecule has 0 aliphatic rings. The Morgan fingerprint density at radius 1 is 0.917 bits per heavy atom. The maximum atomic E-state index is 13.6. The molecule has 0 aliphatic carbocycles. The van der Waals surface area contributed by atoms with E-state index in [1.54, 1.807) is 12.1 Å². The molecular weight excluding hydrogens is 472 g/mol. The maximum Gasteiger partial charge on any atom is 0.243 e. The molecule has 7 heteroatoms. The van der Waals surface area contributed by atoms with E-state index < -0.39 is 10.0 Å². The molecule has 0 fully saturated rings. The number of benzene rings is 4. The number of ether oxygens (including phenoxy) is 1. The lowest BCUT2D eigenvalue weighted by molar-refractivity contribution is -0.121. The van der Waals surface area contributed by atoms with Crippen LogP contribution in [-0.4, -0.2) is 31.8 Å². The van der Waals surface area contributed by atoms with Gasteiger partial charge >= 0.3 is 0 Å². The minimum Gasteiger partial charge on any atom is -0.494 e. The van der Waals surface area contributed by atoms with Crippen LogP contribution in [0.5, 0.6) is 5.75 Å². The van der Waals surface area contributed by atoms with Gasteiger partial charge < -0.3 is 10.1 Å². The summed E-state index contributed by atoms with van der Waals surface area (Å²) < 4.78 is 34.1. The van der Waals surface area contributed by atoms with Gasteiger partial charge in [0.25, 0.3) is 0 Å². The molecule has 0 aromatic heterocycles. The molecule has 0 spiro atoms. The van der Waals surface area contributed by atoms with Crippen LogP contribution in [-0.2, 0) is 27.9 Å². The van der Waals surface area contributed by atoms with E-state index in [-0.39, 0.29) is 23.9 Å². The molecule has 0 unspecified atom stereocenters. The summed E-state index contributed by atoms with van der Waals surface area (Å²) >= 11 is 0. The summed E-state index contributed by atoms with van der Waals surface area (Å²) in [5, 5.41) is 5.04. The van der Waals surface area contributed by atoms with Gasteiger partial charge in [0, 0.05) is 13.1 Å². The Kier molecular flexibility index (Phi) is 8.03. The van der Waals surface area contributed by atoms with Gasteiger partial charge in [-0.05, 0) is 59.5 Å². The first-order valence-electron chi connectivity index (χ1n) is 11.9. The van der Waals surface area contributed by atoms with Crippen LogP contribution in [0.25, 0.3) is 10.8 Å². The zero-order valence-electron chi connectivity index (χ0n) is 20.5. The Morgan fingerprint density at radius 2 is 1.64 bits per heavy atom. The molecule has 0 atom stereocenters. The van der Waals surface area contributed by atoms with E-state index in [1.165, 1.54) is 10.4 Å². The normalized spacial score (nSPS) is 11.5. The Morgan fingerprint density at radius 3 is 2.39 bits per heavy atom. The molecule has 0 saturated heterocycles. The highest BCUT2D eigenvalue weighted by atomic mass is 32.2. The van der Waals surface area contributed by atoms with Crippen molar-refractivity contribution in [1.29, 1.82) is 0 Å². The van der Waals surface area contributed by atoms with E-state index in [0.29, 0.717) is 18.9 Å². The molecule has 4 aromatic rings. The number of nitrogens with one attached hydrogen (secondary N) is 1. The molecule has 4 rings (SSSR count). The molecule has 4 aromatic carbocycles. The van der Waals surface area contributed by atoms with Crippen molar-refractivity contribution in [3.63, 3.8) is 0 Å². The highest BCUT2D eigenvalue weighted by molar-refractivity contribution is 7.89. The van der Waals surface area contributed by atoms with Gasteiger partial charge in [-0.1, -0.05) is 72.8 Å². The molecule has 0 bridgehead atoms. The van der Waals surface area contributed by atoms with Gasteiger partial charge in [-0.3, -0.25) is 4.79 Å². The third-order valence-electron chi connectivity index (χ3n) is 5.96. The number of hydrogen-bond acceptors (Lipinski definition) is 4. The van der Waals surface area contributed by atoms with Crippen molar-refractivity contribution in [3.8, 4) is 5.75 Å². The Hall–Kier alpha value is -3.68. The number of carbonyl (C=O) groups is 1. The second-order valence-electron chi connectivity index (χ2n) is 8.53. The number of fused-ring (bicyclic) bond motifs is 1. The van der Waals surface area contributed by atoms with Gasteiger partial charge in [0.2, 0.25) is 15.9 Å². The zero-order chi connectivity index (χ0) is 25.5. The van der Waals surface area contributed by atoms with Crippen molar-refractivity contribution in [3.05, 3.63) is 108 Å². The smallest absolute Gasteiger partial charge is 0.243 e. The molecule has 6 nitrogen and oxygen atoms in total. The largest absolute Gasteiger partial charge is 0.494 e. The monoisotopic (exact) mass is 502 g/mol. The topological polar surface area (TPSA) is 75.7 Å². The van der Waals surface area contributed by atoms with Gasteiger partial charge in [-0.25, -0.2) is 8.42 Å². The van der Waals surface area contributed by atoms with Crippen LogP contribution in [0.3, 0.4) is 0 Å². The summed E-state index contributed by atoms with van der Waals surface area (Å²) in [7, 11) is -3.95. The third kappa shape index (κ3) is 5.93. The van der Waals surface area contributed by atoms with Crippen LogP contribution in [0.15, 0.2) is 95.9 Å². The summed E-state index contributed by atoms with van der Waals surface area (Å²) in [5.41, 5.74) is 2.49. The minimum atomic E-state index is -3.95. The van der Waals surface area contributed by atoms with Crippen LogP contribution in [0.1, 0.15) is 23.6 Å². The molecule has 0 saturated carbocycles. The van der Waals surface area contributed by atoms with Gasteiger partial charge in [0.1, 0.15) is 5.75 Å². The van der Waals surface area contributed by atoms with E-state index in [2.05, 4.69) is 5.32 Å². The van der Waals surface area contributed by atoms with Crippen molar-refractivity contribution < 1.29 is 17.9 Å². The second kappa shape index (κ2) is 11.4. The average molecular weight is 503 g/mol. The molecule has 1 N–H and O–H groups in total. The second-order valence-corrected chi connectivity index (χ2v) is 10.5. The van der Waals surface area contributed by atoms with Crippen LogP contribution < -0.4 is 10.1 Å². The number of aryl methyl sites for hydroxylation is 1. The van der Waals surface area contributed by atoms with Crippen molar-refractivity contribution in [2.24, 2.45) is 0 Å². The highest BCUT2D eigenvalue weighted by Crippen LogP contribution is 2.25. The summed E-state index contributed by atoms with van der Waals surface area (Å²) in [4.78, 5) is 13.1. The number of rotatable bonds is 10. The fourth-order valence-corrected chi connectivity index (χ4v) is 5.59. The van der Waals surface area contributed by atoms with Gasteiger partial charge in [-0.2, -0.15) is 4.31 Å². The maximum absolute atomic E-state index is 13.6. The molecule has 36 heavy (non-hydrogen) atoms. The van der Waals surface area contributed by atoms with E-state index >= 15 is 0 Å². The van der Waals surface area contributed by atoms with Crippen molar-refractivity contribution >= 4 is 26.7 Å². The molecule has 0 aliphatic heterocycles. The summed E-state index contributed by atoms with van der Waals surface area (Å²) in [6, 6.07) is 27.9. The van der Waals surface area contributed by atoms with Crippen LogP contribution in [0.2, 0.25) is 0 Å². The van der Waals surface area contributed by atoms with Gasteiger partial charge in [0.15, 0.2) is 0 Å². The lowest BCUT2D eigenvalue weighted by Gasteiger charge is -2.22. The number of nitrogens with zero attached hydrogens (tertiary/aromatic N) is 1. The summed E-state index contributed by atoms with van der Waals surface area (Å²) in [6.07, 6.45) is 0. The van der Waals surface area contributed by atoms with Crippen molar-refractivity contribution in [2.45, 2.75) is 31.8 Å². The fourth-order valence-electron chi connectivity index (χ4n) is 4.12. The van der Waals surface area contributed by atoms with Crippen LogP contribution >= 0.6 is 0 Å². The predicted octanol–water partition coefficient (Wildman–Crippen LogP) is 5.05. The molecule has 1 amide bonds. The molecule has 0 radical (unpaired) electrons. The van der Waals surface area contributed by atoms with Gasteiger partial charge in [-0.15, -0.1) is 0 Å². The number of hydrogen-bond donors (Lipinski definition) is 1. The fraction of sp³-hybridized carbons (Fsp3) is 0.207. The first-order valence-corrected chi connectivity index (χ1v) is 13.3. The Balaban J connectivity index is 1.56. The first-order chi connectivity index (χ1) is 17.4. The first kappa shape index (κ1) is 25.4. The lowest BCUT2D eigenvalue weighted by atomic mass is 10.0. The Bertz CT molecular complexity index is 1450. The van der Waals surface area contributed by atoms with E-state index in [4.69, 9.17) is 4.74 Å². The summed E-state index contributed by atoms with van der Waals surface area (Å²) in [5.74, 6) is 0.268. The van der Waals surface area contributed by atoms with E-state index in [9.17, 15) is 13.2 Å². The SMILES string of the molecule is CCOc1ccc(S(=O)(=O)N(CC(=O)NCc2cccc3ccccc23)Cc2ccccc2)cc1C. The highest BCUT2D eigenvalue weighted by Gasteiger charge is 2.27. The molecule has 186 valence electrons. The quantitative estimate of drug-likeness (QED) is 0.329. The predicted molar refractivity (Wildman–Crippen MR) is 142 cm³/mol. The minimum absolute atomic E-state index is 0.0805. The van der Waals surface area contributed by atoms with Crippen molar-refractivity contribution in [1.82, 2.24) is 9.62 Å².